The van der Waals surface area contributed by atoms with Crippen LogP contribution in [0, 0.1) is 10.1 Å². The van der Waals surface area contributed by atoms with Gasteiger partial charge < -0.3 is 20.1 Å². The van der Waals surface area contributed by atoms with Crippen molar-refractivity contribution in [3.05, 3.63) is 57.1 Å². The third-order valence-electron chi connectivity index (χ3n) is 4.16. The predicted molar refractivity (Wildman–Crippen MR) is 114 cm³/mol. The van der Waals surface area contributed by atoms with Crippen LogP contribution in [0.25, 0.3) is 0 Å². The number of methoxy groups -OCH3 is 1. The summed E-state index contributed by atoms with van der Waals surface area (Å²) < 4.78 is 48.0. The van der Waals surface area contributed by atoms with Gasteiger partial charge in [-0.05, 0) is 24.3 Å². The lowest BCUT2D eigenvalue weighted by atomic mass is 10.2. The van der Waals surface area contributed by atoms with E-state index in [1.165, 1.54) is 19.2 Å². The van der Waals surface area contributed by atoms with Crippen LogP contribution >= 0.6 is 11.6 Å². The van der Waals surface area contributed by atoms with Gasteiger partial charge in [-0.15, -0.1) is 0 Å². The summed E-state index contributed by atoms with van der Waals surface area (Å²) in [7, 11) is 1.33. The summed E-state index contributed by atoms with van der Waals surface area (Å²) in [5, 5.41) is 15.3. The SMILES string of the molecule is COc1ccc([N+](=O)[O-])c(NC(=O)COC(=O)CCC(=O)Nc2cc(C(F)(F)F)ccc2Cl)c1. The highest BCUT2D eigenvalue weighted by Gasteiger charge is 2.31. The number of benzene rings is 2. The zero-order valence-corrected chi connectivity index (χ0v) is 18.2. The summed E-state index contributed by atoms with van der Waals surface area (Å²) in [5.41, 5.74) is -1.89. The number of rotatable bonds is 9. The summed E-state index contributed by atoms with van der Waals surface area (Å²) in [6, 6.07) is 6.03. The molecule has 0 spiro atoms. The second-order valence-electron chi connectivity index (χ2n) is 6.59. The summed E-state index contributed by atoms with van der Waals surface area (Å²) in [6.45, 7) is -0.797. The second kappa shape index (κ2) is 11.3. The van der Waals surface area contributed by atoms with Crippen LogP contribution in [0.5, 0.6) is 5.75 Å². The number of hydrogen-bond acceptors (Lipinski definition) is 7. The molecule has 14 heteroatoms. The van der Waals surface area contributed by atoms with Gasteiger partial charge in [0.25, 0.3) is 11.6 Å². The largest absolute Gasteiger partial charge is 0.497 e. The Hall–Kier alpha value is -3.87. The average molecular weight is 504 g/mol. The molecule has 0 aliphatic carbocycles. The Labute approximate surface area is 195 Å². The molecule has 10 nitrogen and oxygen atoms in total. The molecule has 2 N–H and O–H groups in total. The maximum absolute atomic E-state index is 12.8. The van der Waals surface area contributed by atoms with Crippen LogP contribution in [0.15, 0.2) is 36.4 Å². The first-order valence-corrected chi connectivity index (χ1v) is 9.73. The van der Waals surface area contributed by atoms with E-state index in [-0.39, 0.29) is 22.1 Å². The second-order valence-corrected chi connectivity index (χ2v) is 7.00. The van der Waals surface area contributed by atoms with Crippen LogP contribution in [0.2, 0.25) is 5.02 Å². The molecule has 0 unspecified atom stereocenters. The van der Waals surface area contributed by atoms with Crippen molar-refractivity contribution < 1.29 is 42.0 Å². The molecule has 0 atom stereocenters. The zero-order valence-electron chi connectivity index (χ0n) is 17.4. The molecule has 2 amide bonds. The summed E-state index contributed by atoms with van der Waals surface area (Å²) >= 11 is 5.79. The van der Waals surface area contributed by atoms with Gasteiger partial charge in [0.05, 0.1) is 34.7 Å². The third-order valence-corrected chi connectivity index (χ3v) is 4.49. The highest BCUT2D eigenvalue weighted by Crippen LogP contribution is 2.34. The van der Waals surface area contributed by atoms with Crippen molar-refractivity contribution in [2.75, 3.05) is 24.4 Å². The van der Waals surface area contributed by atoms with Crippen LogP contribution in [-0.2, 0) is 25.3 Å². The van der Waals surface area contributed by atoms with Crippen LogP contribution in [0.4, 0.5) is 30.2 Å². The van der Waals surface area contributed by atoms with Gasteiger partial charge in [0.1, 0.15) is 11.4 Å². The van der Waals surface area contributed by atoms with E-state index >= 15 is 0 Å². The standard InChI is InChI=1S/C20H17ClF3N3O7/c1-33-12-3-5-16(27(31)32)15(9-12)26-18(29)10-34-19(30)7-6-17(28)25-14-8-11(20(22,23)24)2-4-13(14)21/h2-5,8-9H,6-7,10H2,1H3,(H,25,28)(H,26,29). The molecule has 2 rings (SSSR count). The Morgan fingerprint density at radius 3 is 2.32 bits per heavy atom. The number of nitro benzene ring substituents is 1. The molecule has 0 radical (unpaired) electrons. The van der Waals surface area contributed by atoms with E-state index in [9.17, 15) is 37.7 Å². The number of carbonyl (C=O) groups excluding carboxylic acids is 3. The van der Waals surface area contributed by atoms with E-state index in [0.717, 1.165) is 18.2 Å². The Balaban J connectivity index is 1.86. The zero-order chi connectivity index (χ0) is 25.5. The monoisotopic (exact) mass is 503 g/mol. The summed E-state index contributed by atoms with van der Waals surface area (Å²) in [5.74, 6) is -2.41. The first kappa shape index (κ1) is 26.4. The fourth-order valence-corrected chi connectivity index (χ4v) is 2.70. The molecule has 2 aromatic carbocycles. The number of ether oxygens (including phenoxy) is 2. The van der Waals surface area contributed by atoms with E-state index in [1.807, 2.05) is 0 Å². The first-order chi connectivity index (χ1) is 15.9. The number of alkyl halides is 3. The molecule has 0 aliphatic rings. The lowest BCUT2D eigenvalue weighted by molar-refractivity contribution is -0.383. The maximum atomic E-state index is 12.8. The van der Waals surface area contributed by atoms with Crippen LogP contribution in [0.3, 0.4) is 0 Å². The van der Waals surface area contributed by atoms with E-state index in [0.29, 0.717) is 6.07 Å². The van der Waals surface area contributed by atoms with Crippen molar-refractivity contribution in [1.29, 1.82) is 0 Å². The summed E-state index contributed by atoms with van der Waals surface area (Å²) in [4.78, 5) is 46.1. The normalized spacial score (nSPS) is 10.9. The number of esters is 1. The first-order valence-electron chi connectivity index (χ1n) is 9.35. The molecule has 0 heterocycles. The minimum absolute atomic E-state index is 0.132. The molecule has 2 aromatic rings. The minimum Gasteiger partial charge on any atom is -0.497 e. The highest BCUT2D eigenvalue weighted by molar-refractivity contribution is 6.33. The fourth-order valence-electron chi connectivity index (χ4n) is 2.53. The highest BCUT2D eigenvalue weighted by atomic mass is 35.5. The van der Waals surface area contributed by atoms with Crippen molar-refractivity contribution in [3.63, 3.8) is 0 Å². The van der Waals surface area contributed by atoms with Crippen LogP contribution in [-0.4, -0.2) is 36.4 Å². The number of halogens is 4. The third kappa shape index (κ3) is 7.62. The number of carbonyl (C=O) groups is 3. The number of nitrogens with zero attached hydrogens (tertiary/aromatic N) is 1. The molecule has 0 aliphatic heterocycles. The molecule has 0 aromatic heterocycles. The van der Waals surface area contributed by atoms with E-state index < -0.39 is 59.6 Å². The number of hydrogen-bond donors (Lipinski definition) is 2. The van der Waals surface area contributed by atoms with Crippen molar-refractivity contribution in [1.82, 2.24) is 0 Å². The molecule has 0 fully saturated rings. The van der Waals surface area contributed by atoms with Gasteiger partial charge >= 0.3 is 12.1 Å². The fraction of sp³-hybridized carbons (Fsp3) is 0.250. The molecule has 0 bridgehead atoms. The van der Waals surface area contributed by atoms with Crippen molar-refractivity contribution in [3.8, 4) is 5.75 Å². The molecule has 182 valence electrons. The topological polar surface area (TPSA) is 137 Å². The van der Waals surface area contributed by atoms with Gasteiger partial charge in [0, 0.05) is 18.6 Å². The van der Waals surface area contributed by atoms with Gasteiger partial charge in [0.15, 0.2) is 6.61 Å². The van der Waals surface area contributed by atoms with Crippen LogP contribution in [0.1, 0.15) is 18.4 Å². The van der Waals surface area contributed by atoms with E-state index in [4.69, 9.17) is 21.1 Å². The van der Waals surface area contributed by atoms with Crippen LogP contribution < -0.4 is 15.4 Å². The lowest BCUT2D eigenvalue weighted by Crippen LogP contribution is -2.22. The molecule has 34 heavy (non-hydrogen) atoms. The quantitative estimate of drug-likeness (QED) is 0.297. The molecular formula is C20H17ClF3N3O7. The Morgan fingerprint density at radius 1 is 1.03 bits per heavy atom. The van der Waals surface area contributed by atoms with Gasteiger partial charge in [0.2, 0.25) is 5.91 Å². The average Bonchev–Trinajstić information content (AvgIpc) is 2.76. The summed E-state index contributed by atoms with van der Waals surface area (Å²) in [6.07, 6.45) is -5.59. The number of nitrogens with one attached hydrogen (secondary N) is 2. The minimum atomic E-state index is -4.64. The van der Waals surface area contributed by atoms with Gasteiger partial charge in [-0.2, -0.15) is 13.2 Å². The smallest absolute Gasteiger partial charge is 0.416 e. The molecular weight excluding hydrogens is 487 g/mol. The van der Waals surface area contributed by atoms with Crippen molar-refractivity contribution >= 4 is 46.4 Å². The number of nitro groups is 1. The molecule has 0 saturated carbocycles. The van der Waals surface area contributed by atoms with Gasteiger partial charge in [-0.25, -0.2) is 0 Å². The number of amides is 2. The molecule has 0 saturated heterocycles. The van der Waals surface area contributed by atoms with E-state index in [2.05, 4.69) is 10.6 Å². The van der Waals surface area contributed by atoms with E-state index in [1.54, 1.807) is 0 Å². The number of anilines is 2. The van der Waals surface area contributed by atoms with Gasteiger partial charge in [-0.3, -0.25) is 24.5 Å². The Bertz CT molecular complexity index is 1110. The lowest BCUT2D eigenvalue weighted by Gasteiger charge is -2.11. The Morgan fingerprint density at radius 2 is 1.71 bits per heavy atom. The van der Waals surface area contributed by atoms with Crippen molar-refractivity contribution in [2.45, 2.75) is 19.0 Å². The predicted octanol–water partition coefficient (Wildman–Crippen LogP) is 4.18. The maximum Gasteiger partial charge on any atom is 0.416 e. The van der Waals surface area contributed by atoms with Crippen molar-refractivity contribution in [2.24, 2.45) is 0 Å². The van der Waals surface area contributed by atoms with Gasteiger partial charge in [-0.1, -0.05) is 11.6 Å². The Kier molecular flexibility index (Phi) is 8.78.